The van der Waals surface area contributed by atoms with Crippen molar-refractivity contribution >= 4 is 21.9 Å². The molecular weight excluding hydrogens is 284 g/mol. The SMILES string of the molecule is NCCc1nnc(NCc2ccc(Br)cc2)o1. The van der Waals surface area contributed by atoms with Crippen LogP contribution in [0.15, 0.2) is 33.2 Å². The fourth-order valence-corrected chi connectivity index (χ4v) is 1.59. The van der Waals surface area contributed by atoms with E-state index < -0.39 is 0 Å². The summed E-state index contributed by atoms with van der Waals surface area (Å²) in [7, 11) is 0. The molecule has 0 unspecified atom stereocenters. The molecule has 0 bridgehead atoms. The second kappa shape index (κ2) is 5.79. The summed E-state index contributed by atoms with van der Waals surface area (Å²) in [4.78, 5) is 0. The van der Waals surface area contributed by atoms with Gasteiger partial charge in [0, 0.05) is 24.0 Å². The van der Waals surface area contributed by atoms with Gasteiger partial charge >= 0.3 is 6.01 Å². The summed E-state index contributed by atoms with van der Waals surface area (Å²) in [6.07, 6.45) is 0.604. The van der Waals surface area contributed by atoms with E-state index in [4.69, 9.17) is 10.2 Å². The second-order valence-corrected chi connectivity index (χ2v) is 4.44. The lowest BCUT2D eigenvalue weighted by Crippen LogP contribution is -2.02. The first-order valence-corrected chi connectivity index (χ1v) is 6.08. The average Bonchev–Trinajstić information content (AvgIpc) is 2.77. The third kappa shape index (κ3) is 3.54. The van der Waals surface area contributed by atoms with E-state index in [9.17, 15) is 0 Å². The first-order chi connectivity index (χ1) is 8.28. The Balaban J connectivity index is 1.90. The number of nitrogens with zero attached hydrogens (tertiary/aromatic N) is 2. The molecule has 5 nitrogen and oxygen atoms in total. The molecule has 0 aliphatic rings. The average molecular weight is 297 g/mol. The van der Waals surface area contributed by atoms with Crippen molar-refractivity contribution < 1.29 is 4.42 Å². The van der Waals surface area contributed by atoms with Crippen molar-refractivity contribution in [2.24, 2.45) is 5.73 Å². The van der Waals surface area contributed by atoms with Crippen LogP contribution in [-0.4, -0.2) is 16.7 Å². The predicted octanol–water partition coefficient (Wildman–Crippen LogP) is 1.95. The molecule has 17 heavy (non-hydrogen) atoms. The van der Waals surface area contributed by atoms with Gasteiger partial charge in [-0.3, -0.25) is 0 Å². The van der Waals surface area contributed by atoms with E-state index in [-0.39, 0.29) is 0 Å². The molecule has 0 amide bonds. The van der Waals surface area contributed by atoms with Gasteiger partial charge in [-0.15, -0.1) is 5.10 Å². The largest absolute Gasteiger partial charge is 0.408 e. The number of benzene rings is 1. The number of nitrogens with one attached hydrogen (secondary N) is 1. The minimum Gasteiger partial charge on any atom is -0.408 e. The van der Waals surface area contributed by atoms with Gasteiger partial charge < -0.3 is 15.5 Å². The molecular formula is C11H13BrN4O. The van der Waals surface area contributed by atoms with Crippen LogP contribution < -0.4 is 11.1 Å². The van der Waals surface area contributed by atoms with Gasteiger partial charge in [0.1, 0.15) is 0 Å². The minimum absolute atomic E-state index is 0.427. The maximum atomic E-state index is 5.40. The van der Waals surface area contributed by atoms with E-state index in [0.717, 1.165) is 10.0 Å². The summed E-state index contributed by atoms with van der Waals surface area (Å²) in [5.74, 6) is 0.561. The lowest BCUT2D eigenvalue weighted by Gasteiger charge is -2.01. The zero-order valence-corrected chi connectivity index (χ0v) is 10.8. The Morgan fingerprint density at radius 1 is 1.24 bits per heavy atom. The first-order valence-electron chi connectivity index (χ1n) is 5.28. The molecule has 2 aromatic rings. The lowest BCUT2D eigenvalue weighted by molar-refractivity contribution is 0.505. The molecule has 1 aromatic carbocycles. The molecule has 0 atom stereocenters. The van der Waals surface area contributed by atoms with Crippen molar-refractivity contribution in [3.63, 3.8) is 0 Å². The number of hydrogen-bond acceptors (Lipinski definition) is 5. The smallest absolute Gasteiger partial charge is 0.315 e. The highest BCUT2D eigenvalue weighted by atomic mass is 79.9. The molecule has 1 aromatic heterocycles. The fourth-order valence-electron chi connectivity index (χ4n) is 1.33. The molecule has 0 saturated heterocycles. The predicted molar refractivity (Wildman–Crippen MR) is 68.5 cm³/mol. The molecule has 0 radical (unpaired) electrons. The Morgan fingerprint density at radius 3 is 2.71 bits per heavy atom. The van der Waals surface area contributed by atoms with Crippen LogP contribution in [0.3, 0.4) is 0 Å². The van der Waals surface area contributed by atoms with E-state index in [2.05, 4.69) is 31.4 Å². The highest BCUT2D eigenvalue weighted by molar-refractivity contribution is 9.10. The topological polar surface area (TPSA) is 77.0 Å². The maximum Gasteiger partial charge on any atom is 0.315 e. The van der Waals surface area contributed by atoms with Crippen LogP contribution >= 0.6 is 15.9 Å². The van der Waals surface area contributed by atoms with Crippen molar-refractivity contribution in [3.05, 3.63) is 40.2 Å². The molecule has 3 N–H and O–H groups in total. The van der Waals surface area contributed by atoms with Gasteiger partial charge in [0.05, 0.1) is 0 Å². The van der Waals surface area contributed by atoms with Crippen LogP contribution in [-0.2, 0) is 13.0 Å². The molecule has 0 saturated carbocycles. The normalized spacial score (nSPS) is 10.5. The minimum atomic E-state index is 0.427. The van der Waals surface area contributed by atoms with Crippen LogP contribution in [0, 0.1) is 0 Å². The number of halogens is 1. The summed E-state index contributed by atoms with van der Waals surface area (Å²) in [6, 6.07) is 8.45. The molecule has 6 heteroatoms. The van der Waals surface area contributed by atoms with Crippen molar-refractivity contribution in [2.45, 2.75) is 13.0 Å². The summed E-state index contributed by atoms with van der Waals surface area (Å²) in [6.45, 7) is 1.16. The monoisotopic (exact) mass is 296 g/mol. The zero-order chi connectivity index (χ0) is 12.1. The van der Waals surface area contributed by atoms with E-state index in [1.165, 1.54) is 0 Å². The number of anilines is 1. The Morgan fingerprint density at radius 2 is 2.00 bits per heavy atom. The zero-order valence-electron chi connectivity index (χ0n) is 9.19. The molecule has 0 aliphatic carbocycles. The van der Waals surface area contributed by atoms with Crippen molar-refractivity contribution in [1.29, 1.82) is 0 Å². The van der Waals surface area contributed by atoms with Gasteiger partial charge in [-0.05, 0) is 17.7 Å². The van der Waals surface area contributed by atoms with E-state index in [1.807, 2.05) is 24.3 Å². The Bertz CT molecular complexity index is 469. The van der Waals surface area contributed by atoms with Crippen molar-refractivity contribution in [2.75, 3.05) is 11.9 Å². The van der Waals surface area contributed by atoms with Crippen LogP contribution in [0.4, 0.5) is 6.01 Å². The summed E-state index contributed by atoms with van der Waals surface area (Å²) in [5, 5.41) is 10.8. The number of nitrogens with two attached hydrogens (primary N) is 1. The summed E-state index contributed by atoms with van der Waals surface area (Å²) in [5.41, 5.74) is 6.54. The highest BCUT2D eigenvalue weighted by Crippen LogP contribution is 2.12. The molecule has 0 aliphatic heterocycles. The summed E-state index contributed by atoms with van der Waals surface area (Å²) >= 11 is 3.39. The van der Waals surface area contributed by atoms with Crippen LogP contribution in [0.2, 0.25) is 0 Å². The van der Waals surface area contributed by atoms with Crippen LogP contribution in [0.1, 0.15) is 11.5 Å². The second-order valence-electron chi connectivity index (χ2n) is 3.52. The highest BCUT2D eigenvalue weighted by Gasteiger charge is 2.04. The number of rotatable bonds is 5. The van der Waals surface area contributed by atoms with E-state index in [0.29, 0.717) is 31.4 Å². The van der Waals surface area contributed by atoms with Crippen molar-refractivity contribution in [3.8, 4) is 0 Å². The molecule has 0 fully saturated rings. The van der Waals surface area contributed by atoms with Gasteiger partial charge in [-0.2, -0.15) is 0 Å². The quantitative estimate of drug-likeness (QED) is 0.882. The fraction of sp³-hybridized carbons (Fsp3) is 0.273. The van der Waals surface area contributed by atoms with Crippen LogP contribution in [0.25, 0.3) is 0 Å². The number of aromatic nitrogens is 2. The molecule has 2 rings (SSSR count). The van der Waals surface area contributed by atoms with Crippen molar-refractivity contribution in [1.82, 2.24) is 10.2 Å². The van der Waals surface area contributed by atoms with Crippen LogP contribution in [0.5, 0.6) is 0 Å². The van der Waals surface area contributed by atoms with Gasteiger partial charge in [0.15, 0.2) is 0 Å². The molecule has 90 valence electrons. The van der Waals surface area contributed by atoms with E-state index in [1.54, 1.807) is 0 Å². The Labute approximate surface area is 108 Å². The first kappa shape index (κ1) is 12.1. The lowest BCUT2D eigenvalue weighted by atomic mass is 10.2. The number of hydrogen-bond donors (Lipinski definition) is 2. The third-order valence-corrected chi connectivity index (χ3v) is 2.71. The Kier molecular flexibility index (Phi) is 4.11. The molecule has 1 heterocycles. The van der Waals surface area contributed by atoms with E-state index >= 15 is 0 Å². The van der Waals surface area contributed by atoms with Gasteiger partial charge in [-0.1, -0.05) is 33.2 Å². The third-order valence-electron chi connectivity index (χ3n) is 2.18. The van der Waals surface area contributed by atoms with Gasteiger partial charge in [0.2, 0.25) is 5.89 Å². The van der Waals surface area contributed by atoms with Gasteiger partial charge in [0.25, 0.3) is 0 Å². The standard InChI is InChI=1S/C11H13BrN4O/c12-9-3-1-8(2-4-9)7-14-11-16-15-10(17-11)5-6-13/h1-4H,5-7,13H2,(H,14,16). The molecule has 0 spiro atoms. The Hall–Kier alpha value is -1.40. The van der Waals surface area contributed by atoms with Gasteiger partial charge in [-0.25, -0.2) is 0 Å². The summed E-state index contributed by atoms with van der Waals surface area (Å²) < 4.78 is 6.41. The maximum absolute atomic E-state index is 5.40.